The summed E-state index contributed by atoms with van der Waals surface area (Å²) in [6.45, 7) is 0. The lowest BCUT2D eigenvalue weighted by Gasteiger charge is -1.93. The topological polar surface area (TPSA) is 63.1 Å². The van der Waals surface area contributed by atoms with Crippen LogP contribution >= 0.6 is 15.9 Å². The molecule has 0 aliphatic rings. The van der Waals surface area contributed by atoms with Gasteiger partial charge in [-0.3, -0.25) is 4.79 Å². The van der Waals surface area contributed by atoms with Gasteiger partial charge in [0.2, 0.25) is 0 Å². The number of rotatable bonds is 2. The summed E-state index contributed by atoms with van der Waals surface area (Å²) in [7, 11) is 0. The molecule has 0 aromatic carbocycles. The first-order chi connectivity index (χ1) is 5.18. The maximum absolute atomic E-state index is 10.2. The number of nitrogens with zero attached hydrogens (tertiary/aromatic N) is 2. The van der Waals surface area contributed by atoms with Crippen molar-refractivity contribution < 1.29 is 9.90 Å². The van der Waals surface area contributed by atoms with Crippen LogP contribution in [0, 0.1) is 0 Å². The minimum absolute atomic E-state index is 0.132. The van der Waals surface area contributed by atoms with Crippen molar-refractivity contribution in [2.75, 3.05) is 0 Å². The van der Waals surface area contributed by atoms with Crippen LogP contribution in [0.15, 0.2) is 16.9 Å². The van der Waals surface area contributed by atoms with Crippen molar-refractivity contribution in [3.63, 3.8) is 0 Å². The fourth-order valence-corrected chi connectivity index (χ4v) is 0.770. The van der Waals surface area contributed by atoms with E-state index in [1.54, 1.807) is 0 Å². The lowest BCUT2D eigenvalue weighted by atomic mass is 10.4. The summed E-state index contributed by atoms with van der Waals surface area (Å²) in [6, 6.07) is 0. The van der Waals surface area contributed by atoms with E-state index in [1.165, 1.54) is 12.4 Å². The van der Waals surface area contributed by atoms with Crippen LogP contribution in [-0.2, 0) is 11.2 Å². The lowest BCUT2D eigenvalue weighted by Crippen LogP contribution is -2.03. The summed E-state index contributed by atoms with van der Waals surface area (Å²) in [5.41, 5.74) is 0. The van der Waals surface area contributed by atoms with Gasteiger partial charge in [0, 0.05) is 12.4 Å². The molecule has 1 N–H and O–H groups in total. The van der Waals surface area contributed by atoms with Crippen LogP contribution in [0.2, 0.25) is 0 Å². The number of carbonyl (C=O) groups is 1. The summed E-state index contributed by atoms with van der Waals surface area (Å²) >= 11 is 3.14. The molecule has 1 aromatic rings. The monoisotopic (exact) mass is 216 g/mol. The van der Waals surface area contributed by atoms with E-state index in [-0.39, 0.29) is 6.42 Å². The Morgan fingerprint density at radius 3 is 2.55 bits per heavy atom. The molecule has 0 aliphatic carbocycles. The zero-order valence-corrected chi connectivity index (χ0v) is 7.08. The Hall–Kier alpha value is -0.970. The molecule has 0 radical (unpaired) electrons. The maximum Gasteiger partial charge on any atom is 0.311 e. The molecular formula is C6H5BrN2O2. The van der Waals surface area contributed by atoms with Gasteiger partial charge in [0.05, 0.1) is 4.47 Å². The molecule has 0 spiro atoms. The first-order valence-electron chi connectivity index (χ1n) is 2.86. The van der Waals surface area contributed by atoms with Crippen LogP contribution in [0.1, 0.15) is 5.82 Å². The number of carboxylic acids is 1. The zero-order valence-electron chi connectivity index (χ0n) is 5.49. The number of aromatic nitrogens is 2. The molecule has 0 amide bonds. The normalized spacial score (nSPS) is 9.55. The van der Waals surface area contributed by atoms with Gasteiger partial charge in [-0.15, -0.1) is 0 Å². The van der Waals surface area contributed by atoms with E-state index in [0.717, 1.165) is 4.47 Å². The van der Waals surface area contributed by atoms with Gasteiger partial charge in [0.1, 0.15) is 12.2 Å². The Balaban J connectivity index is 2.74. The minimum Gasteiger partial charge on any atom is -0.481 e. The average molecular weight is 217 g/mol. The zero-order chi connectivity index (χ0) is 8.27. The smallest absolute Gasteiger partial charge is 0.311 e. The number of hydrogen-bond donors (Lipinski definition) is 1. The van der Waals surface area contributed by atoms with Crippen molar-refractivity contribution in [3.05, 3.63) is 22.7 Å². The van der Waals surface area contributed by atoms with Gasteiger partial charge in [-0.2, -0.15) is 0 Å². The van der Waals surface area contributed by atoms with Crippen molar-refractivity contribution in [3.8, 4) is 0 Å². The Labute approximate surface area is 71.4 Å². The van der Waals surface area contributed by atoms with E-state index in [4.69, 9.17) is 5.11 Å². The molecule has 0 fully saturated rings. The standard InChI is InChI=1S/C6H5BrN2O2/c7-4-2-8-5(9-3-4)1-6(10)11/h2-3H,1H2,(H,10,11). The van der Waals surface area contributed by atoms with Gasteiger partial charge < -0.3 is 5.11 Å². The Bertz CT molecular complexity index is 260. The number of aliphatic carboxylic acids is 1. The second-order valence-corrected chi connectivity index (χ2v) is 2.80. The first kappa shape index (κ1) is 8.13. The Kier molecular flexibility index (Phi) is 2.53. The van der Waals surface area contributed by atoms with Gasteiger partial charge >= 0.3 is 5.97 Å². The third-order valence-electron chi connectivity index (χ3n) is 0.983. The average Bonchev–Trinajstić information content (AvgIpc) is 1.93. The molecule has 1 heterocycles. The van der Waals surface area contributed by atoms with Gasteiger partial charge in [-0.05, 0) is 15.9 Å². The highest BCUT2D eigenvalue weighted by Crippen LogP contribution is 2.04. The number of hydrogen-bond acceptors (Lipinski definition) is 3. The van der Waals surface area contributed by atoms with Crippen molar-refractivity contribution in [2.45, 2.75) is 6.42 Å². The van der Waals surface area contributed by atoms with Crippen molar-refractivity contribution >= 4 is 21.9 Å². The number of halogens is 1. The van der Waals surface area contributed by atoms with E-state index in [2.05, 4.69) is 25.9 Å². The van der Waals surface area contributed by atoms with E-state index in [1.807, 2.05) is 0 Å². The fraction of sp³-hybridized carbons (Fsp3) is 0.167. The van der Waals surface area contributed by atoms with Gasteiger partial charge in [-0.25, -0.2) is 9.97 Å². The molecule has 4 nitrogen and oxygen atoms in total. The predicted octanol–water partition coefficient (Wildman–Crippen LogP) is 0.866. The van der Waals surface area contributed by atoms with E-state index in [0.29, 0.717) is 5.82 Å². The molecule has 0 saturated heterocycles. The van der Waals surface area contributed by atoms with Gasteiger partial charge in [-0.1, -0.05) is 0 Å². The third-order valence-corrected chi connectivity index (χ3v) is 1.39. The fourth-order valence-electron chi connectivity index (χ4n) is 0.566. The maximum atomic E-state index is 10.2. The van der Waals surface area contributed by atoms with Crippen molar-refractivity contribution in [2.24, 2.45) is 0 Å². The highest BCUT2D eigenvalue weighted by molar-refractivity contribution is 9.10. The minimum atomic E-state index is -0.924. The van der Waals surface area contributed by atoms with E-state index < -0.39 is 5.97 Å². The molecule has 58 valence electrons. The Morgan fingerprint density at radius 1 is 1.55 bits per heavy atom. The SMILES string of the molecule is O=C(O)Cc1ncc(Br)cn1. The van der Waals surface area contributed by atoms with Crippen LogP contribution in [0.25, 0.3) is 0 Å². The second kappa shape index (κ2) is 3.43. The van der Waals surface area contributed by atoms with Crippen LogP contribution in [-0.4, -0.2) is 21.0 Å². The Morgan fingerprint density at radius 2 is 2.09 bits per heavy atom. The summed E-state index contributed by atoms with van der Waals surface area (Å²) in [5.74, 6) is -0.604. The molecule has 1 aromatic heterocycles. The molecule has 1 rings (SSSR count). The highest BCUT2D eigenvalue weighted by atomic mass is 79.9. The second-order valence-electron chi connectivity index (χ2n) is 1.89. The van der Waals surface area contributed by atoms with Gasteiger partial charge in [0.15, 0.2) is 0 Å². The van der Waals surface area contributed by atoms with Crippen LogP contribution in [0.3, 0.4) is 0 Å². The molecule has 0 aliphatic heterocycles. The predicted molar refractivity (Wildman–Crippen MR) is 41.1 cm³/mol. The van der Waals surface area contributed by atoms with Crippen molar-refractivity contribution in [1.82, 2.24) is 9.97 Å². The molecule has 0 bridgehead atoms. The molecule has 5 heteroatoms. The third kappa shape index (κ3) is 2.63. The van der Waals surface area contributed by atoms with E-state index in [9.17, 15) is 4.79 Å². The van der Waals surface area contributed by atoms with Crippen LogP contribution in [0.4, 0.5) is 0 Å². The largest absolute Gasteiger partial charge is 0.481 e. The quantitative estimate of drug-likeness (QED) is 0.798. The molecule has 0 saturated carbocycles. The van der Waals surface area contributed by atoms with Crippen LogP contribution in [0.5, 0.6) is 0 Å². The summed E-state index contributed by atoms with van der Waals surface area (Å²) < 4.78 is 0.742. The lowest BCUT2D eigenvalue weighted by molar-refractivity contribution is -0.136. The summed E-state index contributed by atoms with van der Waals surface area (Å²) in [4.78, 5) is 17.7. The number of carboxylic acid groups (broad SMARTS) is 1. The van der Waals surface area contributed by atoms with Gasteiger partial charge in [0.25, 0.3) is 0 Å². The molecule has 11 heavy (non-hydrogen) atoms. The van der Waals surface area contributed by atoms with E-state index >= 15 is 0 Å². The summed E-state index contributed by atoms with van der Waals surface area (Å²) in [5, 5.41) is 8.34. The summed E-state index contributed by atoms with van der Waals surface area (Å²) in [6.07, 6.45) is 2.91. The first-order valence-corrected chi connectivity index (χ1v) is 3.66. The van der Waals surface area contributed by atoms with Crippen molar-refractivity contribution in [1.29, 1.82) is 0 Å². The molecule has 0 atom stereocenters. The highest BCUT2D eigenvalue weighted by Gasteiger charge is 2.01. The van der Waals surface area contributed by atoms with Crippen LogP contribution < -0.4 is 0 Å². The molecule has 0 unspecified atom stereocenters. The molecular weight excluding hydrogens is 212 g/mol.